The summed E-state index contributed by atoms with van der Waals surface area (Å²) < 4.78 is 41.6. The van der Waals surface area contributed by atoms with Crippen LogP contribution < -0.4 is 0 Å². The van der Waals surface area contributed by atoms with Crippen molar-refractivity contribution in [2.24, 2.45) is 5.92 Å². The van der Waals surface area contributed by atoms with Gasteiger partial charge in [-0.3, -0.25) is 4.79 Å². The molecule has 7 heteroatoms. The molecule has 146 valence electrons. The van der Waals surface area contributed by atoms with Crippen LogP contribution in [0, 0.1) is 11.7 Å². The Morgan fingerprint density at radius 3 is 2.54 bits per heavy atom. The van der Waals surface area contributed by atoms with Gasteiger partial charge in [-0.05, 0) is 48.6 Å². The van der Waals surface area contributed by atoms with Crippen LogP contribution in [0.15, 0.2) is 53.4 Å². The van der Waals surface area contributed by atoms with Crippen LogP contribution in [0.25, 0.3) is 0 Å². The third kappa shape index (κ3) is 2.60. The lowest BCUT2D eigenvalue weighted by Crippen LogP contribution is -2.46. The monoisotopic (exact) mass is 400 g/mol. The number of amides is 1. The molecule has 1 aliphatic carbocycles. The van der Waals surface area contributed by atoms with Gasteiger partial charge in [0.25, 0.3) is 0 Å². The van der Waals surface area contributed by atoms with E-state index in [1.807, 2.05) is 17.0 Å². The molecule has 2 aromatic rings. The van der Waals surface area contributed by atoms with Crippen LogP contribution in [0.3, 0.4) is 0 Å². The van der Waals surface area contributed by atoms with Gasteiger partial charge < -0.3 is 4.90 Å². The topological polar surface area (TPSA) is 57.7 Å². The predicted octanol–water partition coefficient (Wildman–Crippen LogP) is 2.87. The molecule has 1 saturated heterocycles. The number of hydrogen-bond donors (Lipinski definition) is 0. The van der Waals surface area contributed by atoms with Crippen LogP contribution in [0.5, 0.6) is 0 Å². The van der Waals surface area contributed by atoms with Crippen molar-refractivity contribution < 1.29 is 17.6 Å². The highest BCUT2D eigenvalue weighted by atomic mass is 32.2. The molecule has 1 amide bonds. The van der Waals surface area contributed by atoms with E-state index in [2.05, 4.69) is 0 Å². The summed E-state index contributed by atoms with van der Waals surface area (Å²) in [5.41, 5.74) is 0.737. The quantitative estimate of drug-likeness (QED) is 0.796. The Kier molecular flexibility index (Phi) is 3.90. The van der Waals surface area contributed by atoms with E-state index in [1.54, 1.807) is 24.3 Å². The van der Waals surface area contributed by atoms with Crippen molar-refractivity contribution in [1.29, 1.82) is 0 Å². The molecule has 2 aromatic carbocycles. The summed E-state index contributed by atoms with van der Waals surface area (Å²) in [5.74, 6) is -0.109. The van der Waals surface area contributed by atoms with Gasteiger partial charge in [-0.15, -0.1) is 0 Å². The molecule has 1 saturated carbocycles. The predicted molar refractivity (Wildman–Crippen MR) is 101 cm³/mol. The van der Waals surface area contributed by atoms with Gasteiger partial charge in [0, 0.05) is 25.6 Å². The number of carbonyl (C=O) groups is 1. The maximum absolute atomic E-state index is 13.4. The highest BCUT2D eigenvalue weighted by Gasteiger charge is 2.57. The smallest absolute Gasteiger partial charge is 0.244 e. The zero-order valence-electron chi connectivity index (χ0n) is 15.3. The van der Waals surface area contributed by atoms with E-state index in [-0.39, 0.29) is 24.2 Å². The molecule has 0 radical (unpaired) electrons. The number of benzene rings is 2. The van der Waals surface area contributed by atoms with Gasteiger partial charge in [-0.1, -0.05) is 30.3 Å². The Bertz CT molecular complexity index is 1050. The van der Waals surface area contributed by atoms with Crippen molar-refractivity contribution in [3.05, 3.63) is 65.5 Å². The van der Waals surface area contributed by atoms with Gasteiger partial charge in [0.05, 0.1) is 10.4 Å². The van der Waals surface area contributed by atoms with Crippen LogP contribution in [0.4, 0.5) is 4.39 Å². The largest absolute Gasteiger partial charge is 0.340 e. The number of carbonyl (C=O) groups excluding carboxylic acids is 1. The van der Waals surface area contributed by atoms with E-state index in [0.717, 1.165) is 24.0 Å². The normalized spacial score (nSPS) is 26.0. The molecule has 5 rings (SSSR count). The first-order valence-electron chi connectivity index (χ1n) is 9.57. The van der Waals surface area contributed by atoms with Crippen molar-refractivity contribution in [2.45, 2.75) is 36.2 Å². The van der Waals surface area contributed by atoms with E-state index in [1.165, 1.54) is 16.4 Å². The Morgan fingerprint density at radius 1 is 1.11 bits per heavy atom. The number of sulfonamides is 1. The number of fused-ring (bicyclic) bond motifs is 2. The van der Waals surface area contributed by atoms with E-state index < -0.39 is 15.6 Å². The average molecular weight is 400 g/mol. The lowest BCUT2D eigenvalue weighted by molar-refractivity contribution is -0.131. The third-order valence-corrected chi connectivity index (χ3v) is 8.13. The summed E-state index contributed by atoms with van der Waals surface area (Å²) in [7, 11) is -3.70. The molecular weight excluding hydrogens is 379 g/mol. The summed E-state index contributed by atoms with van der Waals surface area (Å²) in [6.07, 6.45) is 2.43. The number of nitrogens with zero attached hydrogens (tertiary/aromatic N) is 2. The summed E-state index contributed by atoms with van der Waals surface area (Å²) >= 11 is 0. The fourth-order valence-corrected chi connectivity index (χ4v) is 6.60. The molecule has 3 aliphatic rings. The number of likely N-dealkylation sites (tertiary alicyclic amines) is 1. The molecule has 1 spiro atoms. The van der Waals surface area contributed by atoms with Crippen LogP contribution in [0.2, 0.25) is 0 Å². The Hall–Kier alpha value is -2.25. The minimum Gasteiger partial charge on any atom is -0.340 e. The minimum absolute atomic E-state index is 0.106. The van der Waals surface area contributed by atoms with Gasteiger partial charge in [0.2, 0.25) is 15.9 Å². The van der Waals surface area contributed by atoms with Crippen LogP contribution in [-0.4, -0.2) is 36.6 Å². The van der Waals surface area contributed by atoms with E-state index in [9.17, 15) is 17.6 Å². The van der Waals surface area contributed by atoms with E-state index in [0.29, 0.717) is 24.4 Å². The highest BCUT2D eigenvalue weighted by Crippen LogP contribution is 2.50. The van der Waals surface area contributed by atoms with Crippen molar-refractivity contribution in [2.75, 3.05) is 13.1 Å². The fraction of sp³-hybridized carbons (Fsp3) is 0.381. The Labute approximate surface area is 163 Å². The first kappa shape index (κ1) is 17.8. The molecule has 5 nitrogen and oxygen atoms in total. The zero-order chi connectivity index (χ0) is 19.5. The summed E-state index contributed by atoms with van der Waals surface area (Å²) in [4.78, 5) is 14.8. The summed E-state index contributed by atoms with van der Waals surface area (Å²) in [6.45, 7) is 1.08. The van der Waals surface area contributed by atoms with Gasteiger partial charge in [-0.2, -0.15) is 4.31 Å². The molecule has 0 bridgehead atoms. The molecule has 1 atom stereocenters. The number of hydrogen-bond acceptors (Lipinski definition) is 3. The van der Waals surface area contributed by atoms with Gasteiger partial charge in [0.1, 0.15) is 5.82 Å². The first-order valence-corrected chi connectivity index (χ1v) is 11.0. The van der Waals surface area contributed by atoms with Crippen LogP contribution >= 0.6 is 0 Å². The third-order valence-electron chi connectivity index (χ3n) is 6.16. The van der Waals surface area contributed by atoms with E-state index in [4.69, 9.17) is 0 Å². The van der Waals surface area contributed by atoms with Crippen molar-refractivity contribution in [3.63, 3.8) is 0 Å². The summed E-state index contributed by atoms with van der Waals surface area (Å²) in [5, 5.41) is 0. The second-order valence-electron chi connectivity index (χ2n) is 7.95. The standard InChI is InChI=1S/C21H21FN2O3S/c22-17-9-5-15(6-10-17)13-24-21(11-12-23(14-21)20(25)16-7-8-16)18-3-1-2-4-19(18)28(24,26)27/h1-6,9-10,16H,7-8,11-14H2. The summed E-state index contributed by atoms with van der Waals surface area (Å²) in [6, 6.07) is 13.0. The molecule has 28 heavy (non-hydrogen) atoms. The first-order chi connectivity index (χ1) is 13.4. The molecule has 2 fully saturated rings. The average Bonchev–Trinajstić information content (AvgIpc) is 3.42. The highest BCUT2D eigenvalue weighted by molar-refractivity contribution is 7.89. The van der Waals surface area contributed by atoms with Crippen LogP contribution in [-0.2, 0) is 26.9 Å². The van der Waals surface area contributed by atoms with Crippen molar-refractivity contribution in [1.82, 2.24) is 9.21 Å². The van der Waals surface area contributed by atoms with Crippen LogP contribution in [0.1, 0.15) is 30.4 Å². The van der Waals surface area contributed by atoms with Gasteiger partial charge in [0.15, 0.2) is 0 Å². The molecule has 2 aliphatic heterocycles. The van der Waals surface area contributed by atoms with Crippen molar-refractivity contribution in [3.8, 4) is 0 Å². The lowest BCUT2D eigenvalue weighted by atomic mass is 9.88. The second-order valence-corrected chi connectivity index (χ2v) is 9.78. The number of rotatable bonds is 3. The molecule has 2 heterocycles. The lowest BCUT2D eigenvalue weighted by Gasteiger charge is -2.34. The second kappa shape index (κ2) is 6.12. The zero-order valence-corrected chi connectivity index (χ0v) is 16.2. The Balaban J connectivity index is 1.57. The SMILES string of the molecule is O=C(C1CC1)N1CCC2(C1)c1ccccc1S(=O)(=O)N2Cc1ccc(F)cc1. The van der Waals surface area contributed by atoms with Gasteiger partial charge >= 0.3 is 0 Å². The minimum atomic E-state index is -3.70. The molecule has 1 unspecified atom stereocenters. The molecule has 0 N–H and O–H groups in total. The van der Waals surface area contributed by atoms with Crippen molar-refractivity contribution >= 4 is 15.9 Å². The Morgan fingerprint density at radius 2 is 1.82 bits per heavy atom. The molecular formula is C21H21FN2O3S. The maximum atomic E-state index is 13.4. The maximum Gasteiger partial charge on any atom is 0.244 e. The van der Waals surface area contributed by atoms with E-state index >= 15 is 0 Å². The number of halogens is 1. The fourth-order valence-electron chi connectivity index (χ4n) is 4.54. The molecule has 0 aromatic heterocycles. The van der Waals surface area contributed by atoms with Gasteiger partial charge in [-0.25, -0.2) is 12.8 Å².